The Balaban J connectivity index is 0.000000370. The van der Waals surface area contributed by atoms with E-state index in [1.807, 2.05) is 0 Å². The molecule has 2 radical (unpaired) electrons. The Bertz CT molecular complexity index is 213. The van der Waals surface area contributed by atoms with Crippen molar-refractivity contribution in [3.8, 4) is 0 Å². The first-order valence-electron chi connectivity index (χ1n) is 8.25. The van der Waals surface area contributed by atoms with E-state index in [1.54, 1.807) is 8.87 Å². The van der Waals surface area contributed by atoms with Gasteiger partial charge in [-0.2, -0.15) is 12.6 Å². The molecule has 0 spiro atoms. The predicted molar refractivity (Wildman–Crippen MR) is 92.0 cm³/mol. The maximum Gasteiger partial charge on any atom is 0.315 e. The monoisotopic (exact) mass is 408 g/mol. The number of esters is 1. The number of hydrogen-bond acceptors (Lipinski definition) is 3. The summed E-state index contributed by atoms with van der Waals surface area (Å²) in [6.07, 6.45) is 11.8. The summed E-state index contributed by atoms with van der Waals surface area (Å²) in [4.78, 5) is 10.8. The molecule has 0 aromatic rings. The van der Waals surface area contributed by atoms with Crippen molar-refractivity contribution in [1.82, 2.24) is 0 Å². The molecule has 118 valence electrons. The Labute approximate surface area is 141 Å². The van der Waals surface area contributed by atoms with Crippen LogP contribution in [0.2, 0.25) is 8.87 Å². The van der Waals surface area contributed by atoms with Gasteiger partial charge in [0.25, 0.3) is 0 Å². The molecule has 0 bridgehead atoms. The second-order valence-corrected chi connectivity index (χ2v) is 9.96. The van der Waals surface area contributed by atoms with Gasteiger partial charge in [-0.05, 0) is 25.7 Å². The molecule has 0 aromatic heterocycles. The van der Waals surface area contributed by atoms with Gasteiger partial charge in [-0.3, -0.25) is 4.79 Å². The van der Waals surface area contributed by atoms with Crippen LogP contribution in [-0.4, -0.2) is 39.0 Å². The van der Waals surface area contributed by atoms with Crippen LogP contribution in [0.5, 0.6) is 0 Å². The average Bonchev–Trinajstić information content (AvgIpc) is 2.49. The minimum absolute atomic E-state index is 0.149. The molecule has 0 saturated heterocycles. The van der Waals surface area contributed by atoms with Crippen LogP contribution in [0, 0.1) is 0 Å². The van der Waals surface area contributed by atoms with Gasteiger partial charge < -0.3 is 4.74 Å². The Kier molecular flexibility index (Phi) is 16.5. The average molecular weight is 407 g/mol. The third-order valence-corrected chi connectivity index (χ3v) is 7.69. The summed E-state index contributed by atoms with van der Waals surface area (Å²) in [5.41, 5.74) is 0. The summed E-state index contributed by atoms with van der Waals surface area (Å²) < 4.78 is 8.37. The van der Waals surface area contributed by atoms with Crippen LogP contribution in [0.25, 0.3) is 0 Å². The normalized spacial score (nSPS) is 15.3. The van der Waals surface area contributed by atoms with Gasteiger partial charge in [-0.25, -0.2) is 0 Å². The minimum atomic E-state index is -0.180. The number of rotatable bonds is 8. The summed E-state index contributed by atoms with van der Waals surface area (Å²) in [6, 6.07) is 0. The van der Waals surface area contributed by atoms with E-state index >= 15 is 0 Å². The molecule has 0 aromatic carbocycles. The van der Waals surface area contributed by atoms with Gasteiger partial charge in [-0.15, -0.1) is 0 Å². The van der Waals surface area contributed by atoms with Gasteiger partial charge in [0.1, 0.15) is 6.10 Å². The van der Waals surface area contributed by atoms with E-state index in [-0.39, 0.29) is 39.0 Å². The van der Waals surface area contributed by atoms with Crippen molar-refractivity contribution in [2.75, 3.05) is 5.75 Å². The summed E-state index contributed by atoms with van der Waals surface area (Å²) in [7, 11) is 0. The van der Waals surface area contributed by atoms with E-state index < -0.39 is 0 Å². The zero-order valence-electron chi connectivity index (χ0n) is 13.3. The fraction of sp³-hybridized carbons (Fsp3) is 0.938. The smallest absolute Gasteiger partial charge is 0.315 e. The van der Waals surface area contributed by atoms with Crippen LogP contribution in [0.3, 0.4) is 0 Å². The van der Waals surface area contributed by atoms with Crippen LogP contribution in [0.4, 0.5) is 0 Å². The van der Waals surface area contributed by atoms with Crippen LogP contribution in [0.15, 0.2) is 0 Å². The number of carbonyl (C=O) groups excluding carboxylic acids is 1. The summed E-state index contributed by atoms with van der Waals surface area (Å²) >= 11 is 3.99. The molecule has 1 fully saturated rings. The molecule has 4 heteroatoms. The molecular weight excluding hydrogens is 375 g/mol. The zero-order chi connectivity index (χ0) is 15.1. The van der Waals surface area contributed by atoms with Crippen molar-refractivity contribution >= 4 is 39.7 Å². The zero-order valence-corrected chi connectivity index (χ0v) is 17.1. The van der Waals surface area contributed by atoms with Crippen LogP contribution in [-0.2, 0) is 9.53 Å². The Morgan fingerprint density at radius 3 is 2.10 bits per heavy atom. The third kappa shape index (κ3) is 13.6. The molecule has 0 aliphatic heterocycles. The van der Waals surface area contributed by atoms with E-state index in [2.05, 4.69) is 26.5 Å². The molecule has 1 saturated carbocycles. The second kappa shape index (κ2) is 16.0. The van der Waals surface area contributed by atoms with Crippen molar-refractivity contribution in [3.63, 3.8) is 0 Å². The van der Waals surface area contributed by atoms with Crippen LogP contribution < -0.4 is 0 Å². The molecule has 0 N–H and O–H groups in total. The molecule has 20 heavy (non-hydrogen) atoms. The van der Waals surface area contributed by atoms with Gasteiger partial charge >= 0.3 is 75.5 Å². The first-order valence-corrected chi connectivity index (χ1v) is 12.9. The summed E-state index contributed by atoms with van der Waals surface area (Å²) in [5, 5.41) is 0. The molecule has 0 amide bonds. The number of unbranched alkanes of at least 4 members (excludes halogenated alkanes) is 2. The standard InChI is InChI=1S/C8H14O2S.2C4H9.Sn/c9-8(6-11)10-7-4-2-1-3-5-7;2*1-3-4-2;/h7,11H,1-6H2;2*1,3-4H2,2H3;. The van der Waals surface area contributed by atoms with E-state index in [0.717, 1.165) is 12.8 Å². The molecule has 0 heterocycles. The van der Waals surface area contributed by atoms with Gasteiger partial charge in [-0.1, -0.05) is 6.42 Å². The number of hydrogen-bond donors (Lipinski definition) is 1. The van der Waals surface area contributed by atoms with Crippen molar-refractivity contribution in [3.05, 3.63) is 0 Å². The van der Waals surface area contributed by atoms with Crippen molar-refractivity contribution < 1.29 is 9.53 Å². The number of carbonyl (C=O) groups is 1. The van der Waals surface area contributed by atoms with E-state index in [4.69, 9.17) is 4.74 Å². The molecular formula is C16H32O2SSn. The van der Waals surface area contributed by atoms with E-state index in [9.17, 15) is 4.79 Å². The predicted octanol–water partition coefficient (Wildman–Crippen LogP) is 4.92. The maximum atomic E-state index is 10.8. The van der Waals surface area contributed by atoms with Crippen LogP contribution >= 0.6 is 12.6 Å². The summed E-state index contributed by atoms with van der Waals surface area (Å²) in [6.45, 7) is 4.58. The van der Waals surface area contributed by atoms with Gasteiger partial charge in [0.15, 0.2) is 0 Å². The van der Waals surface area contributed by atoms with Crippen molar-refractivity contribution in [2.24, 2.45) is 0 Å². The first-order chi connectivity index (χ1) is 9.74. The SMILES string of the molecule is CCC[CH2][Sn][CH2]CCC.O=C(CS)OC1CCCCC1. The largest absolute Gasteiger partial charge is 0.462 e. The first kappa shape index (κ1) is 20.6. The molecule has 0 atom stereocenters. The Morgan fingerprint density at radius 1 is 1.10 bits per heavy atom. The molecule has 1 aliphatic rings. The molecule has 0 unspecified atom stereocenters. The molecule has 1 aliphatic carbocycles. The van der Waals surface area contributed by atoms with Gasteiger partial charge in [0.05, 0.1) is 5.75 Å². The van der Waals surface area contributed by atoms with E-state index in [1.165, 1.54) is 44.9 Å². The topological polar surface area (TPSA) is 26.3 Å². The number of thiol groups is 1. The quantitative estimate of drug-likeness (QED) is 0.268. The second-order valence-electron chi connectivity index (χ2n) is 5.37. The van der Waals surface area contributed by atoms with E-state index in [0.29, 0.717) is 0 Å². The molecule has 2 nitrogen and oxygen atoms in total. The van der Waals surface area contributed by atoms with Crippen LogP contribution in [0.1, 0.15) is 71.6 Å². The number of ether oxygens (including phenoxy) is 1. The fourth-order valence-corrected chi connectivity index (χ4v) is 6.37. The third-order valence-electron chi connectivity index (χ3n) is 3.39. The summed E-state index contributed by atoms with van der Waals surface area (Å²) in [5.74, 6) is 0.0245. The minimum Gasteiger partial charge on any atom is -0.462 e. The van der Waals surface area contributed by atoms with Crippen molar-refractivity contribution in [1.29, 1.82) is 0 Å². The maximum absolute atomic E-state index is 10.8. The van der Waals surface area contributed by atoms with Gasteiger partial charge in [0, 0.05) is 0 Å². The Hall–Kier alpha value is 0.619. The molecule has 1 rings (SSSR count). The van der Waals surface area contributed by atoms with Gasteiger partial charge in [0.2, 0.25) is 0 Å². The Morgan fingerprint density at radius 2 is 1.65 bits per heavy atom. The van der Waals surface area contributed by atoms with Crippen molar-refractivity contribution in [2.45, 2.75) is 86.6 Å². The fourth-order valence-electron chi connectivity index (χ4n) is 2.13.